The van der Waals surface area contributed by atoms with Crippen molar-refractivity contribution in [3.05, 3.63) is 103 Å². The largest absolute Gasteiger partial charge is 0.359 e. The van der Waals surface area contributed by atoms with Crippen molar-refractivity contribution in [1.82, 2.24) is 28.9 Å². The van der Waals surface area contributed by atoms with E-state index in [2.05, 4.69) is 20.4 Å². The monoisotopic (exact) mass is 530 g/mol. The van der Waals surface area contributed by atoms with Gasteiger partial charge in [0.15, 0.2) is 0 Å². The standard InChI is InChI=1S/C26H20ClFN8O2/c1-3-34-14-18-8-23(20(27)9-22(18)33-34)31-24-32-25(37)36(19-6-15(2)11-30-12-19)26(38)35(24)13-16-4-5-21(28)17(7-16)10-29/h4-9,11-12,14H,3,13H2,1-2H3,(H,31,32,37). The highest BCUT2D eigenvalue weighted by Gasteiger charge is 2.18. The van der Waals surface area contributed by atoms with Crippen LogP contribution < -0.4 is 16.7 Å². The number of hydrogen-bond acceptors (Lipinski definition) is 7. The van der Waals surface area contributed by atoms with Crippen molar-refractivity contribution in [2.75, 3.05) is 5.32 Å². The molecule has 0 aliphatic rings. The van der Waals surface area contributed by atoms with Gasteiger partial charge in [0, 0.05) is 24.3 Å². The number of halogens is 2. The molecule has 3 heterocycles. The van der Waals surface area contributed by atoms with Crippen LogP contribution in [0.15, 0.2) is 64.6 Å². The average molecular weight is 531 g/mol. The number of nitrogens with one attached hydrogen (secondary N) is 1. The SMILES string of the molecule is CCn1cc2cc(Nc3nc(=O)n(-c4cncc(C)c4)c(=O)n3Cc3ccc(F)c(C#N)c3)c(Cl)cc2n1. The third kappa shape index (κ3) is 4.65. The molecule has 1 N–H and O–H groups in total. The number of nitriles is 1. The number of pyridine rings is 1. The molecule has 0 amide bonds. The summed E-state index contributed by atoms with van der Waals surface area (Å²) in [5.74, 6) is -0.757. The Morgan fingerprint density at radius 3 is 2.71 bits per heavy atom. The number of nitrogens with zero attached hydrogens (tertiary/aromatic N) is 7. The van der Waals surface area contributed by atoms with Crippen LogP contribution in [0.25, 0.3) is 16.6 Å². The van der Waals surface area contributed by atoms with E-state index in [0.29, 0.717) is 28.3 Å². The van der Waals surface area contributed by atoms with Crippen LogP contribution in [0.3, 0.4) is 0 Å². The van der Waals surface area contributed by atoms with Crippen LogP contribution in [0, 0.1) is 24.1 Å². The van der Waals surface area contributed by atoms with Gasteiger partial charge in [-0.15, -0.1) is 0 Å². The topological polar surface area (TPSA) is 123 Å². The second kappa shape index (κ2) is 9.91. The molecule has 0 radical (unpaired) electrons. The van der Waals surface area contributed by atoms with Crippen molar-refractivity contribution < 1.29 is 4.39 Å². The molecule has 5 aromatic rings. The van der Waals surface area contributed by atoms with Crippen molar-refractivity contribution >= 4 is 34.1 Å². The Balaban J connectivity index is 1.68. The Hall–Kier alpha value is -4.82. The summed E-state index contributed by atoms with van der Waals surface area (Å²) in [5, 5.41) is 17.8. The molecule has 10 nitrogen and oxygen atoms in total. The summed E-state index contributed by atoms with van der Waals surface area (Å²) < 4.78 is 17.8. The summed E-state index contributed by atoms with van der Waals surface area (Å²) in [6.07, 6.45) is 4.83. The highest BCUT2D eigenvalue weighted by atomic mass is 35.5. The molecular formula is C26H20ClFN8O2. The fourth-order valence-electron chi connectivity index (χ4n) is 4.03. The number of fused-ring (bicyclic) bond motifs is 1. The second-order valence-electron chi connectivity index (χ2n) is 8.57. The van der Waals surface area contributed by atoms with Crippen molar-refractivity contribution in [3.63, 3.8) is 0 Å². The number of hydrogen-bond donors (Lipinski definition) is 1. The van der Waals surface area contributed by atoms with Crippen LogP contribution in [0.5, 0.6) is 0 Å². The zero-order valence-electron chi connectivity index (χ0n) is 20.3. The van der Waals surface area contributed by atoms with Gasteiger partial charge in [0.2, 0.25) is 5.95 Å². The molecule has 0 fully saturated rings. The lowest BCUT2D eigenvalue weighted by molar-refractivity contribution is 0.620. The van der Waals surface area contributed by atoms with Gasteiger partial charge in [0.1, 0.15) is 11.9 Å². The summed E-state index contributed by atoms with van der Waals surface area (Å²) in [6.45, 7) is 4.30. The van der Waals surface area contributed by atoms with E-state index >= 15 is 0 Å². The van der Waals surface area contributed by atoms with E-state index in [1.807, 2.05) is 13.1 Å². The summed E-state index contributed by atoms with van der Waals surface area (Å²) in [6, 6.07) is 10.8. The zero-order valence-corrected chi connectivity index (χ0v) is 21.1. The minimum Gasteiger partial charge on any atom is -0.324 e. The maximum atomic E-state index is 13.9. The lowest BCUT2D eigenvalue weighted by Gasteiger charge is -2.16. The quantitative estimate of drug-likeness (QED) is 0.353. The normalized spacial score (nSPS) is 11.0. The average Bonchev–Trinajstić information content (AvgIpc) is 3.29. The molecule has 0 spiro atoms. The molecule has 0 saturated carbocycles. The Labute approximate surface area is 220 Å². The minimum absolute atomic E-state index is 0.0798. The number of aryl methyl sites for hydroxylation is 2. The van der Waals surface area contributed by atoms with Crippen molar-refractivity contribution in [2.45, 2.75) is 26.9 Å². The first-order chi connectivity index (χ1) is 18.3. The molecule has 5 rings (SSSR count). The van der Waals surface area contributed by atoms with E-state index in [-0.39, 0.29) is 23.7 Å². The lowest BCUT2D eigenvalue weighted by Crippen LogP contribution is -2.41. The van der Waals surface area contributed by atoms with Crippen molar-refractivity contribution in [3.8, 4) is 11.8 Å². The Kier molecular flexibility index (Phi) is 6.48. The van der Waals surface area contributed by atoms with E-state index in [0.717, 1.165) is 21.6 Å². The molecular weight excluding hydrogens is 511 g/mol. The zero-order chi connectivity index (χ0) is 27.0. The van der Waals surface area contributed by atoms with Gasteiger partial charge in [-0.1, -0.05) is 17.7 Å². The first-order valence-corrected chi connectivity index (χ1v) is 11.9. The summed E-state index contributed by atoms with van der Waals surface area (Å²) >= 11 is 6.50. The fourth-order valence-corrected chi connectivity index (χ4v) is 4.23. The van der Waals surface area contributed by atoms with Crippen LogP contribution in [-0.4, -0.2) is 28.9 Å². The lowest BCUT2D eigenvalue weighted by atomic mass is 10.1. The van der Waals surface area contributed by atoms with Crippen LogP contribution in [0.4, 0.5) is 16.0 Å². The summed E-state index contributed by atoms with van der Waals surface area (Å²) in [5.41, 5.74) is 0.826. The Morgan fingerprint density at radius 2 is 1.97 bits per heavy atom. The maximum Gasteiger partial charge on any atom is 0.359 e. The molecule has 0 aliphatic heterocycles. The molecule has 0 atom stereocenters. The van der Waals surface area contributed by atoms with Gasteiger partial charge in [0.25, 0.3) is 0 Å². The molecule has 2 aromatic carbocycles. The molecule has 190 valence electrons. The fraction of sp³-hybridized carbons (Fsp3) is 0.154. The molecule has 3 aromatic heterocycles. The minimum atomic E-state index is -0.825. The van der Waals surface area contributed by atoms with Gasteiger partial charge in [0.05, 0.1) is 40.2 Å². The van der Waals surface area contributed by atoms with Crippen LogP contribution in [0.1, 0.15) is 23.6 Å². The predicted octanol–water partition coefficient (Wildman–Crippen LogP) is 3.92. The van der Waals surface area contributed by atoms with E-state index in [4.69, 9.17) is 11.6 Å². The number of benzene rings is 2. The molecule has 12 heteroatoms. The van der Waals surface area contributed by atoms with Crippen LogP contribution >= 0.6 is 11.6 Å². The summed E-state index contributed by atoms with van der Waals surface area (Å²) in [7, 11) is 0. The van der Waals surface area contributed by atoms with Gasteiger partial charge in [-0.05, 0) is 55.3 Å². The van der Waals surface area contributed by atoms with E-state index in [9.17, 15) is 19.2 Å². The van der Waals surface area contributed by atoms with Crippen molar-refractivity contribution in [1.29, 1.82) is 5.26 Å². The molecule has 38 heavy (non-hydrogen) atoms. The highest BCUT2D eigenvalue weighted by Crippen LogP contribution is 2.29. The third-order valence-corrected chi connectivity index (χ3v) is 6.21. The van der Waals surface area contributed by atoms with E-state index in [1.54, 1.807) is 42.1 Å². The predicted molar refractivity (Wildman–Crippen MR) is 141 cm³/mol. The van der Waals surface area contributed by atoms with Gasteiger partial charge >= 0.3 is 11.4 Å². The van der Waals surface area contributed by atoms with Gasteiger partial charge in [-0.3, -0.25) is 14.2 Å². The van der Waals surface area contributed by atoms with Crippen LogP contribution in [-0.2, 0) is 13.1 Å². The van der Waals surface area contributed by atoms with Gasteiger partial charge in [-0.2, -0.15) is 15.3 Å². The maximum absolute atomic E-state index is 13.9. The second-order valence-corrected chi connectivity index (χ2v) is 8.98. The first kappa shape index (κ1) is 24.9. The number of rotatable bonds is 6. The molecule has 0 aliphatic carbocycles. The van der Waals surface area contributed by atoms with Gasteiger partial charge < -0.3 is 5.32 Å². The van der Waals surface area contributed by atoms with E-state index in [1.165, 1.54) is 22.9 Å². The number of aromatic nitrogens is 6. The summed E-state index contributed by atoms with van der Waals surface area (Å²) in [4.78, 5) is 35.0. The van der Waals surface area contributed by atoms with Crippen molar-refractivity contribution in [2.24, 2.45) is 0 Å². The van der Waals surface area contributed by atoms with Crippen LogP contribution in [0.2, 0.25) is 5.02 Å². The highest BCUT2D eigenvalue weighted by molar-refractivity contribution is 6.34. The molecule has 0 bridgehead atoms. The van der Waals surface area contributed by atoms with E-state index < -0.39 is 17.2 Å². The Bertz CT molecular complexity index is 1870. The smallest absolute Gasteiger partial charge is 0.324 e. The number of anilines is 2. The van der Waals surface area contributed by atoms with Gasteiger partial charge in [-0.25, -0.2) is 18.5 Å². The first-order valence-electron chi connectivity index (χ1n) is 11.6. The molecule has 0 saturated heterocycles. The molecule has 0 unspecified atom stereocenters. The third-order valence-electron chi connectivity index (χ3n) is 5.89. The Morgan fingerprint density at radius 1 is 1.16 bits per heavy atom.